The molecular formula is C12H10FN3O2. The summed E-state index contributed by atoms with van der Waals surface area (Å²) < 4.78 is 12.7. The summed E-state index contributed by atoms with van der Waals surface area (Å²) in [5.41, 5.74) is 0.907. The number of hydrogen-bond acceptors (Lipinski definition) is 4. The molecule has 0 unspecified atom stereocenters. The molecule has 0 atom stereocenters. The molecule has 0 aromatic carbocycles. The molecule has 2 heterocycles. The molecule has 92 valence electrons. The molecule has 0 saturated carbocycles. The van der Waals surface area contributed by atoms with E-state index in [9.17, 15) is 9.18 Å². The quantitative estimate of drug-likeness (QED) is 0.896. The molecule has 0 aliphatic carbocycles. The van der Waals surface area contributed by atoms with E-state index in [1.165, 1.54) is 18.3 Å². The molecule has 0 aliphatic heterocycles. The molecule has 0 aliphatic rings. The Hall–Kier alpha value is -2.37. The highest BCUT2D eigenvalue weighted by Crippen LogP contribution is 2.15. The molecule has 18 heavy (non-hydrogen) atoms. The van der Waals surface area contributed by atoms with E-state index >= 15 is 0 Å². The summed E-state index contributed by atoms with van der Waals surface area (Å²) in [4.78, 5) is 22.8. The highest BCUT2D eigenvalue weighted by molar-refractivity contribution is 5.88. The van der Waals surface area contributed by atoms with Gasteiger partial charge in [0.2, 0.25) is 0 Å². The lowest BCUT2D eigenvalue weighted by Gasteiger charge is -2.04. The fraction of sp³-hybridized carbons (Fsp3) is 0.167. The van der Waals surface area contributed by atoms with Crippen molar-refractivity contribution in [1.82, 2.24) is 15.0 Å². The zero-order valence-corrected chi connectivity index (χ0v) is 9.59. The maximum Gasteiger partial charge on any atom is 0.339 e. The second-order valence-electron chi connectivity index (χ2n) is 3.57. The minimum absolute atomic E-state index is 0.0726. The molecule has 2 aromatic heterocycles. The third kappa shape index (κ3) is 2.32. The number of carboxylic acids is 1. The summed E-state index contributed by atoms with van der Waals surface area (Å²) in [5.74, 6) is -1.22. The molecule has 0 radical (unpaired) electrons. The fourth-order valence-electron chi connectivity index (χ4n) is 1.50. The maximum absolute atomic E-state index is 12.7. The zero-order chi connectivity index (χ0) is 13.1. The molecule has 0 saturated heterocycles. The molecule has 2 aromatic rings. The van der Waals surface area contributed by atoms with Crippen molar-refractivity contribution in [2.24, 2.45) is 0 Å². The smallest absolute Gasteiger partial charge is 0.339 e. The molecule has 0 amide bonds. The topological polar surface area (TPSA) is 76.0 Å². The third-order valence-electron chi connectivity index (χ3n) is 2.39. The summed E-state index contributed by atoms with van der Waals surface area (Å²) in [7, 11) is 0. The van der Waals surface area contributed by atoms with Gasteiger partial charge in [-0.25, -0.2) is 24.1 Å². The fourth-order valence-corrected chi connectivity index (χ4v) is 1.50. The van der Waals surface area contributed by atoms with Crippen LogP contribution in [0, 0.1) is 5.82 Å². The first-order valence-corrected chi connectivity index (χ1v) is 5.33. The number of aromatic nitrogens is 3. The summed E-state index contributed by atoms with van der Waals surface area (Å²) in [6, 6.07) is 2.70. The second kappa shape index (κ2) is 4.87. The maximum atomic E-state index is 12.7. The number of nitrogens with zero attached hydrogens (tertiary/aromatic N) is 3. The number of hydrogen-bond donors (Lipinski definition) is 1. The Morgan fingerprint density at radius 3 is 2.67 bits per heavy atom. The Bertz CT molecular complexity index is 584. The lowest BCUT2D eigenvalue weighted by atomic mass is 10.2. The van der Waals surface area contributed by atoms with E-state index in [1.807, 2.05) is 0 Å². The Balaban J connectivity index is 2.47. The van der Waals surface area contributed by atoms with Gasteiger partial charge in [-0.1, -0.05) is 6.92 Å². The van der Waals surface area contributed by atoms with Crippen LogP contribution in [0.1, 0.15) is 23.0 Å². The summed E-state index contributed by atoms with van der Waals surface area (Å²) in [6.45, 7) is 1.80. The van der Waals surface area contributed by atoms with Gasteiger partial charge in [-0.2, -0.15) is 0 Å². The highest BCUT2D eigenvalue weighted by Gasteiger charge is 2.13. The van der Waals surface area contributed by atoms with Crippen LogP contribution in [-0.2, 0) is 6.42 Å². The van der Waals surface area contributed by atoms with Gasteiger partial charge >= 0.3 is 5.97 Å². The minimum Gasteiger partial charge on any atom is -0.478 e. The molecule has 0 fully saturated rings. The number of aromatic carboxylic acids is 1. The standard InChI is InChI=1S/C12H10FN3O2/c1-2-9-8(12(17)18)6-15-11(16-9)10-4-3-7(13)5-14-10/h3-6H,2H2,1H3,(H,17,18). The predicted molar refractivity (Wildman–Crippen MR) is 61.6 cm³/mol. The molecule has 2 rings (SSSR count). The Morgan fingerprint density at radius 1 is 1.33 bits per heavy atom. The van der Waals surface area contributed by atoms with Gasteiger partial charge in [-0.15, -0.1) is 0 Å². The van der Waals surface area contributed by atoms with E-state index in [-0.39, 0.29) is 11.4 Å². The average molecular weight is 247 g/mol. The lowest BCUT2D eigenvalue weighted by Crippen LogP contribution is -2.07. The van der Waals surface area contributed by atoms with Crippen LogP contribution in [-0.4, -0.2) is 26.0 Å². The number of carboxylic acid groups (broad SMARTS) is 1. The van der Waals surface area contributed by atoms with Crippen LogP contribution in [0.25, 0.3) is 11.5 Å². The van der Waals surface area contributed by atoms with Crippen LogP contribution in [0.5, 0.6) is 0 Å². The third-order valence-corrected chi connectivity index (χ3v) is 2.39. The van der Waals surface area contributed by atoms with Gasteiger partial charge in [0.1, 0.15) is 11.5 Å². The van der Waals surface area contributed by atoms with Crippen molar-refractivity contribution in [3.63, 3.8) is 0 Å². The number of aryl methyl sites for hydroxylation is 1. The first kappa shape index (κ1) is 12.1. The molecule has 0 bridgehead atoms. The highest BCUT2D eigenvalue weighted by atomic mass is 19.1. The van der Waals surface area contributed by atoms with E-state index in [4.69, 9.17) is 5.11 Å². The minimum atomic E-state index is -1.06. The van der Waals surface area contributed by atoms with Gasteiger partial charge in [-0.3, -0.25) is 0 Å². The lowest BCUT2D eigenvalue weighted by molar-refractivity contribution is 0.0694. The number of rotatable bonds is 3. The average Bonchev–Trinajstić information content (AvgIpc) is 2.38. The van der Waals surface area contributed by atoms with Crippen LogP contribution in [0.3, 0.4) is 0 Å². The van der Waals surface area contributed by atoms with Crippen LogP contribution in [0.2, 0.25) is 0 Å². The van der Waals surface area contributed by atoms with Crippen molar-refractivity contribution in [2.45, 2.75) is 13.3 Å². The van der Waals surface area contributed by atoms with Crippen LogP contribution in [0.4, 0.5) is 4.39 Å². The van der Waals surface area contributed by atoms with Crippen molar-refractivity contribution in [3.8, 4) is 11.5 Å². The van der Waals surface area contributed by atoms with Crippen molar-refractivity contribution in [1.29, 1.82) is 0 Å². The van der Waals surface area contributed by atoms with Crippen LogP contribution in [0.15, 0.2) is 24.5 Å². The van der Waals surface area contributed by atoms with Gasteiger partial charge in [0.25, 0.3) is 0 Å². The summed E-state index contributed by atoms with van der Waals surface area (Å²) in [6.07, 6.45) is 2.78. The molecule has 5 nitrogen and oxygen atoms in total. The van der Waals surface area contributed by atoms with Gasteiger partial charge in [0.05, 0.1) is 17.5 Å². The van der Waals surface area contributed by atoms with E-state index in [2.05, 4.69) is 15.0 Å². The Morgan fingerprint density at radius 2 is 2.11 bits per heavy atom. The zero-order valence-electron chi connectivity index (χ0n) is 9.59. The van der Waals surface area contributed by atoms with Gasteiger partial charge < -0.3 is 5.11 Å². The number of pyridine rings is 1. The van der Waals surface area contributed by atoms with Crippen molar-refractivity contribution < 1.29 is 14.3 Å². The van der Waals surface area contributed by atoms with Crippen LogP contribution >= 0.6 is 0 Å². The van der Waals surface area contributed by atoms with Gasteiger partial charge in [0.15, 0.2) is 5.82 Å². The van der Waals surface area contributed by atoms with Crippen molar-refractivity contribution in [2.75, 3.05) is 0 Å². The predicted octanol–water partition coefficient (Wildman–Crippen LogP) is 1.94. The number of carbonyl (C=O) groups is 1. The monoisotopic (exact) mass is 247 g/mol. The Labute approximate surface area is 102 Å². The molecule has 0 spiro atoms. The summed E-state index contributed by atoms with van der Waals surface area (Å²) >= 11 is 0. The van der Waals surface area contributed by atoms with E-state index in [0.717, 1.165) is 6.20 Å². The van der Waals surface area contributed by atoms with Gasteiger partial charge in [-0.05, 0) is 18.6 Å². The largest absolute Gasteiger partial charge is 0.478 e. The van der Waals surface area contributed by atoms with E-state index in [1.54, 1.807) is 6.92 Å². The second-order valence-corrected chi connectivity index (χ2v) is 3.57. The molecule has 1 N–H and O–H groups in total. The van der Waals surface area contributed by atoms with E-state index < -0.39 is 11.8 Å². The Kier molecular flexibility index (Phi) is 3.27. The van der Waals surface area contributed by atoms with Gasteiger partial charge in [0, 0.05) is 6.20 Å². The van der Waals surface area contributed by atoms with Crippen molar-refractivity contribution >= 4 is 5.97 Å². The van der Waals surface area contributed by atoms with Crippen molar-refractivity contribution in [3.05, 3.63) is 41.6 Å². The van der Waals surface area contributed by atoms with E-state index in [0.29, 0.717) is 17.8 Å². The first-order valence-electron chi connectivity index (χ1n) is 5.33. The number of halogens is 1. The SMILES string of the molecule is CCc1nc(-c2ccc(F)cn2)ncc1C(=O)O. The molecule has 6 heteroatoms. The van der Waals surface area contributed by atoms with Crippen LogP contribution < -0.4 is 0 Å². The normalized spacial score (nSPS) is 10.3. The summed E-state index contributed by atoms with van der Waals surface area (Å²) in [5, 5.41) is 8.95. The molecular weight excluding hydrogens is 237 g/mol. The first-order chi connectivity index (χ1) is 8.61.